The van der Waals surface area contributed by atoms with Crippen LogP contribution in [0.1, 0.15) is 28.8 Å². The Labute approximate surface area is 126 Å². The summed E-state index contributed by atoms with van der Waals surface area (Å²) in [5.41, 5.74) is 4.06. The number of halogens is 1. The number of furan rings is 1. The lowest BCUT2D eigenvalue weighted by Crippen LogP contribution is -2.31. The third-order valence-corrected chi connectivity index (χ3v) is 3.09. The number of carbonyl (C=O) groups excluding carboxylic acids is 1. The van der Waals surface area contributed by atoms with Gasteiger partial charge in [0.2, 0.25) is 0 Å². The number of primary amides is 1. The summed E-state index contributed by atoms with van der Waals surface area (Å²) in [5.74, 6) is 0.544. The monoisotopic (exact) mass is 310 g/mol. The fraction of sp³-hybridized carbons (Fsp3) is 0.308. The number of aromatic nitrogens is 2. The number of aliphatic hydroxyl groups is 1. The van der Waals surface area contributed by atoms with Crippen molar-refractivity contribution in [2.45, 2.75) is 19.4 Å². The summed E-state index contributed by atoms with van der Waals surface area (Å²) in [4.78, 5) is 11.3. The molecule has 0 saturated carbocycles. The van der Waals surface area contributed by atoms with Crippen molar-refractivity contribution >= 4 is 23.3 Å². The zero-order valence-electron chi connectivity index (χ0n) is 11.6. The fourth-order valence-electron chi connectivity index (χ4n) is 1.75. The normalized spacial score (nSPS) is 13.7. The van der Waals surface area contributed by atoms with Crippen LogP contribution in [-0.4, -0.2) is 27.8 Å². The van der Waals surface area contributed by atoms with Crippen molar-refractivity contribution in [3.05, 3.63) is 40.4 Å². The lowest BCUT2D eigenvalue weighted by molar-refractivity contribution is 0.0467. The molecule has 0 bridgehead atoms. The molecule has 0 aliphatic rings. The molecule has 0 spiro atoms. The average molecular weight is 311 g/mol. The molecule has 2 heterocycles. The molecule has 1 unspecified atom stereocenters. The van der Waals surface area contributed by atoms with E-state index in [-0.39, 0.29) is 23.1 Å². The van der Waals surface area contributed by atoms with Crippen LogP contribution in [-0.2, 0) is 5.60 Å². The van der Waals surface area contributed by atoms with Crippen molar-refractivity contribution in [1.29, 1.82) is 0 Å². The Kier molecular flexibility index (Phi) is 4.15. The zero-order valence-corrected chi connectivity index (χ0v) is 12.3. The summed E-state index contributed by atoms with van der Waals surface area (Å²) >= 11 is 5.68. The van der Waals surface area contributed by atoms with Gasteiger partial charge in [0.1, 0.15) is 17.1 Å². The van der Waals surface area contributed by atoms with Gasteiger partial charge in [-0.3, -0.25) is 4.79 Å². The standard InChI is InChI=1S/C13H15ClN4O3/c1-7-3-4-9(21-7)13(2,20)6-16-12-8(11(15)19)5-10(14)17-18-12/h3-5,20H,6H2,1-2H3,(H2,15,19)(H,16,18). The minimum Gasteiger partial charge on any atom is -0.463 e. The Balaban J connectivity index is 2.18. The molecule has 0 fully saturated rings. The quantitative estimate of drug-likeness (QED) is 0.770. The second-order valence-electron chi connectivity index (χ2n) is 4.83. The van der Waals surface area contributed by atoms with Gasteiger partial charge in [-0.25, -0.2) is 0 Å². The van der Waals surface area contributed by atoms with Crippen molar-refractivity contribution < 1.29 is 14.3 Å². The molecule has 0 aliphatic carbocycles. The molecule has 4 N–H and O–H groups in total. The fourth-order valence-corrected chi connectivity index (χ4v) is 1.90. The zero-order chi connectivity index (χ0) is 15.6. The molecule has 1 atom stereocenters. The van der Waals surface area contributed by atoms with Crippen molar-refractivity contribution in [3.8, 4) is 0 Å². The van der Waals surface area contributed by atoms with Gasteiger partial charge in [-0.1, -0.05) is 11.6 Å². The summed E-state index contributed by atoms with van der Waals surface area (Å²) < 4.78 is 5.39. The third kappa shape index (κ3) is 3.50. The molecule has 2 rings (SSSR count). The lowest BCUT2D eigenvalue weighted by atomic mass is 10.0. The highest BCUT2D eigenvalue weighted by Crippen LogP contribution is 2.24. The molecule has 0 radical (unpaired) electrons. The number of nitrogens with zero attached hydrogens (tertiary/aromatic N) is 2. The van der Waals surface area contributed by atoms with Crippen LogP contribution in [0.4, 0.5) is 5.82 Å². The van der Waals surface area contributed by atoms with Crippen molar-refractivity contribution in [3.63, 3.8) is 0 Å². The second kappa shape index (κ2) is 5.71. The van der Waals surface area contributed by atoms with E-state index < -0.39 is 11.5 Å². The van der Waals surface area contributed by atoms with Crippen LogP contribution >= 0.6 is 11.6 Å². The molecule has 21 heavy (non-hydrogen) atoms. The van der Waals surface area contributed by atoms with Crippen LogP contribution in [0.2, 0.25) is 5.15 Å². The average Bonchev–Trinajstić information content (AvgIpc) is 2.84. The van der Waals surface area contributed by atoms with E-state index in [2.05, 4.69) is 15.5 Å². The van der Waals surface area contributed by atoms with Crippen LogP contribution in [0.5, 0.6) is 0 Å². The Morgan fingerprint density at radius 3 is 2.81 bits per heavy atom. The van der Waals surface area contributed by atoms with Crippen LogP contribution in [0.25, 0.3) is 0 Å². The number of hydrogen-bond acceptors (Lipinski definition) is 6. The topological polar surface area (TPSA) is 114 Å². The van der Waals surface area contributed by atoms with Gasteiger partial charge >= 0.3 is 0 Å². The molecule has 7 nitrogen and oxygen atoms in total. The van der Waals surface area contributed by atoms with Crippen LogP contribution < -0.4 is 11.1 Å². The molecule has 0 saturated heterocycles. The third-order valence-electron chi connectivity index (χ3n) is 2.90. The predicted molar refractivity (Wildman–Crippen MR) is 77.1 cm³/mol. The first-order valence-corrected chi connectivity index (χ1v) is 6.53. The van der Waals surface area contributed by atoms with Gasteiger partial charge in [-0.05, 0) is 32.0 Å². The molecule has 2 aromatic rings. The number of aryl methyl sites for hydroxylation is 1. The molecule has 2 aromatic heterocycles. The number of carbonyl (C=O) groups is 1. The molecule has 0 aliphatic heterocycles. The maximum atomic E-state index is 11.3. The highest BCUT2D eigenvalue weighted by molar-refractivity contribution is 6.29. The first-order valence-electron chi connectivity index (χ1n) is 6.16. The van der Waals surface area contributed by atoms with Gasteiger partial charge in [-0.2, -0.15) is 0 Å². The number of amides is 1. The lowest BCUT2D eigenvalue weighted by Gasteiger charge is -2.22. The van der Waals surface area contributed by atoms with E-state index in [4.69, 9.17) is 21.8 Å². The summed E-state index contributed by atoms with van der Waals surface area (Å²) in [6.45, 7) is 3.41. The van der Waals surface area contributed by atoms with E-state index in [1.165, 1.54) is 6.07 Å². The number of rotatable bonds is 5. The van der Waals surface area contributed by atoms with Crippen molar-refractivity contribution in [1.82, 2.24) is 10.2 Å². The Morgan fingerprint density at radius 2 is 2.24 bits per heavy atom. The molecular formula is C13H15ClN4O3. The van der Waals surface area contributed by atoms with E-state index in [0.717, 1.165) is 0 Å². The first kappa shape index (κ1) is 15.3. The summed E-state index contributed by atoms with van der Waals surface area (Å²) in [6, 6.07) is 4.74. The van der Waals surface area contributed by atoms with E-state index in [1.807, 2.05) is 0 Å². The van der Waals surface area contributed by atoms with Gasteiger partial charge in [0, 0.05) is 0 Å². The van der Waals surface area contributed by atoms with Crippen LogP contribution in [0.15, 0.2) is 22.6 Å². The number of hydrogen-bond donors (Lipinski definition) is 3. The summed E-state index contributed by atoms with van der Waals surface area (Å²) in [7, 11) is 0. The largest absolute Gasteiger partial charge is 0.463 e. The smallest absolute Gasteiger partial charge is 0.252 e. The second-order valence-corrected chi connectivity index (χ2v) is 5.22. The van der Waals surface area contributed by atoms with E-state index in [1.54, 1.807) is 26.0 Å². The van der Waals surface area contributed by atoms with Crippen LogP contribution in [0.3, 0.4) is 0 Å². The predicted octanol–water partition coefficient (Wildman–Crippen LogP) is 1.45. The minimum absolute atomic E-state index is 0.0521. The number of nitrogens with two attached hydrogens (primary N) is 1. The number of anilines is 1. The van der Waals surface area contributed by atoms with Gasteiger partial charge in [0.05, 0.1) is 12.1 Å². The Bertz CT molecular complexity index is 669. The molecule has 0 aromatic carbocycles. The van der Waals surface area contributed by atoms with Crippen molar-refractivity contribution in [2.75, 3.05) is 11.9 Å². The Morgan fingerprint density at radius 1 is 1.52 bits per heavy atom. The van der Waals surface area contributed by atoms with Crippen LogP contribution in [0, 0.1) is 6.92 Å². The minimum atomic E-state index is -1.29. The van der Waals surface area contributed by atoms with E-state index in [0.29, 0.717) is 11.5 Å². The molecule has 8 heteroatoms. The van der Waals surface area contributed by atoms with Crippen molar-refractivity contribution in [2.24, 2.45) is 5.73 Å². The highest BCUT2D eigenvalue weighted by Gasteiger charge is 2.27. The van der Waals surface area contributed by atoms with Gasteiger partial charge in [0.25, 0.3) is 5.91 Å². The molecule has 112 valence electrons. The first-order chi connectivity index (χ1) is 9.79. The van der Waals surface area contributed by atoms with Gasteiger partial charge < -0.3 is 20.6 Å². The summed E-state index contributed by atoms with van der Waals surface area (Å²) in [5, 5.41) is 20.7. The maximum Gasteiger partial charge on any atom is 0.252 e. The van der Waals surface area contributed by atoms with Gasteiger partial charge in [-0.15, -0.1) is 10.2 Å². The molecular weight excluding hydrogens is 296 g/mol. The van der Waals surface area contributed by atoms with Gasteiger partial charge in [0.15, 0.2) is 11.0 Å². The highest BCUT2D eigenvalue weighted by atomic mass is 35.5. The maximum absolute atomic E-state index is 11.3. The van der Waals surface area contributed by atoms with E-state index >= 15 is 0 Å². The summed E-state index contributed by atoms with van der Waals surface area (Å²) in [6.07, 6.45) is 0. The van der Waals surface area contributed by atoms with E-state index in [9.17, 15) is 9.90 Å². The number of nitrogens with one attached hydrogen (secondary N) is 1. The Hall–Kier alpha value is -2.12. The molecule has 1 amide bonds. The SMILES string of the molecule is Cc1ccc(C(C)(O)CNc2nnc(Cl)cc2C(N)=O)o1.